The van der Waals surface area contributed by atoms with Crippen LogP contribution >= 0.6 is 0 Å². The molecule has 2 aliphatic carbocycles. The molecule has 0 amide bonds. The Kier molecular flexibility index (Phi) is 9.49. The van der Waals surface area contributed by atoms with Crippen LogP contribution in [0.3, 0.4) is 0 Å². The molecule has 0 N–H and O–H groups in total. The Labute approximate surface area is 405 Å². The van der Waals surface area contributed by atoms with Gasteiger partial charge >= 0.3 is 0 Å². The van der Waals surface area contributed by atoms with E-state index in [4.69, 9.17) is 0 Å². The number of aryl methyl sites for hydroxylation is 5. The predicted octanol–water partition coefficient (Wildman–Crippen LogP) is 17.5. The third kappa shape index (κ3) is 6.40. The van der Waals surface area contributed by atoms with E-state index >= 15 is 0 Å². The average molecular weight is 890 g/mol. The van der Waals surface area contributed by atoms with Crippen molar-refractivity contribution in [2.45, 2.75) is 66.3 Å². The number of nitrogens with zero attached hydrogens (tertiary/aromatic N) is 3. The Bertz CT molecular complexity index is 3930. The number of hydrogen-bond donors (Lipinski definition) is 0. The summed E-state index contributed by atoms with van der Waals surface area (Å²) in [5.74, 6) is 0.201. The third-order valence-electron chi connectivity index (χ3n) is 15.7. The van der Waals surface area contributed by atoms with E-state index in [9.17, 15) is 0 Å². The second-order valence-electron chi connectivity index (χ2n) is 19.9. The number of aromatic nitrogens is 2. The summed E-state index contributed by atoms with van der Waals surface area (Å²) in [4.78, 5) is 2.66. The predicted molar refractivity (Wildman–Crippen MR) is 294 cm³/mol. The first-order valence-electron chi connectivity index (χ1n) is 24.7. The van der Waals surface area contributed by atoms with Gasteiger partial charge in [-0.1, -0.05) is 140 Å². The summed E-state index contributed by atoms with van der Waals surface area (Å²) >= 11 is 0. The molecule has 2 unspecified atom stereocenters. The van der Waals surface area contributed by atoms with Crippen LogP contribution in [-0.4, -0.2) is 15.2 Å². The summed E-state index contributed by atoms with van der Waals surface area (Å²) in [5, 5.41) is 5.14. The van der Waals surface area contributed by atoms with Gasteiger partial charge in [-0.2, -0.15) is 0 Å². The topological polar surface area (TPSA) is 13.1 Å². The summed E-state index contributed by atoms with van der Waals surface area (Å²) in [6, 6.07) is 59.9. The fourth-order valence-electron chi connectivity index (χ4n) is 12.4. The average Bonchev–Trinajstić information content (AvgIpc) is 4.00. The van der Waals surface area contributed by atoms with Crippen LogP contribution < -0.4 is 4.90 Å². The lowest BCUT2D eigenvalue weighted by Gasteiger charge is -2.31. The molecule has 0 saturated carbocycles. The van der Waals surface area contributed by atoms with Gasteiger partial charge in [-0.3, -0.25) is 0 Å². The van der Waals surface area contributed by atoms with E-state index < -0.39 is 0 Å². The van der Waals surface area contributed by atoms with E-state index in [1.54, 1.807) is 0 Å². The Balaban J connectivity index is 1.14. The van der Waals surface area contributed by atoms with E-state index in [1.807, 2.05) is 0 Å². The summed E-state index contributed by atoms with van der Waals surface area (Å²) in [6.45, 7) is 13.5. The van der Waals surface area contributed by atoms with Crippen molar-refractivity contribution >= 4 is 66.1 Å². The molecule has 10 aromatic rings. The molecule has 3 nitrogen and oxygen atoms in total. The number of benzene rings is 8. The molecule has 8 aromatic carbocycles. The van der Waals surface area contributed by atoms with Gasteiger partial charge in [0.2, 0.25) is 0 Å². The quantitative estimate of drug-likeness (QED) is 0.162. The molecule has 3 heterocycles. The molecule has 0 spiro atoms. The van der Waals surface area contributed by atoms with Gasteiger partial charge in [0.25, 0.3) is 0 Å². The standard InChI is InChI=1S/C66H55N3/c1-40-16-7-10-22-52(40)46-28-31-55-61(34-46)67(58-25-13-19-43(4)64(55)58)49-37-50(68-59-26-14-20-44(5)65(59)56-32-29-47(35-62(56)68)53-23-11-8-17-41(53)2)39-51(38-49)69-60-27-15-21-45(6)66(60)57-33-30-48(36-63(57)69)54-24-12-9-18-42(54)3/h7-8,10-11,13-39,55,61H,9,12H2,1-6H3. The minimum absolute atomic E-state index is 0.0665. The second kappa shape index (κ2) is 15.9. The van der Waals surface area contributed by atoms with Gasteiger partial charge in [0.05, 0.1) is 39.5 Å². The SMILES string of the molecule is CC1=CCCC=C1c1ccc2c3c(C)cccc3n(-c3cc(N4c5cccc(C)c5C5C=CC(c6ccccc6C)=CC54)cc(-n4c5cc(-c6ccccc6C)ccc5c5c(C)cccc54)c3)c2c1. The van der Waals surface area contributed by atoms with Gasteiger partial charge in [-0.15, -0.1) is 0 Å². The molecule has 3 aliphatic rings. The van der Waals surface area contributed by atoms with Gasteiger partial charge in [0.1, 0.15) is 0 Å². The monoisotopic (exact) mass is 889 g/mol. The first kappa shape index (κ1) is 41.3. The van der Waals surface area contributed by atoms with Crippen LogP contribution in [0.15, 0.2) is 194 Å². The first-order valence-corrected chi connectivity index (χ1v) is 24.7. The van der Waals surface area contributed by atoms with Crippen molar-refractivity contribution in [3.05, 3.63) is 238 Å². The summed E-state index contributed by atoms with van der Waals surface area (Å²) < 4.78 is 5.12. The summed E-state index contributed by atoms with van der Waals surface area (Å²) in [7, 11) is 0. The van der Waals surface area contributed by atoms with Gasteiger partial charge in [0.15, 0.2) is 0 Å². The number of rotatable bonds is 6. The molecule has 0 bridgehead atoms. The van der Waals surface area contributed by atoms with E-state index in [1.165, 1.54) is 127 Å². The normalized spacial score (nSPS) is 16.6. The summed E-state index contributed by atoms with van der Waals surface area (Å²) in [6.07, 6.45) is 14.4. The van der Waals surface area contributed by atoms with Crippen molar-refractivity contribution in [1.29, 1.82) is 0 Å². The highest BCUT2D eigenvalue weighted by Crippen LogP contribution is 2.52. The van der Waals surface area contributed by atoms with Crippen molar-refractivity contribution in [2.75, 3.05) is 4.90 Å². The lowest BCUT2D eigenvalue weighted by Crippen LogP contribution is -2.29. The molecule has 0 radical (unpaired) electrons. The zero-order valence-corrected chi connectivity index (χ0v) is 40.3. The highest BCUT2D eigenvalue weighted by molar-refractivity contribution is 6.13. The number of allylic oxidation sites excluding steroid dienone is 6. The van der Waals surface area contributed by atoms with Crippen molar-refractivity contribution in [3.8, 4) is 22.5 Å². The van der Waals surface area contributed by atoms with Crippen LogP contribution in [0.4, 0.5) is 11.4 Å². The molecule has 13 rings (SSSR count). The van der Waals surface area contributed by atoms with Crippen molar-refractivity contribution in [1.82, 2.24) is 9.13 Å². The minimum atomic E-state index is 0.0665. The number of fused-ring (bicyclic) bond motifs is 9. The van der Waals surface area contributed by atoms with Gasteiger partial charge in [-0.05, 0) is 175 Å². The van der Waals surface area contributed by atoms with Crippen LogP contribution in [0.2, 0.25) is 0 Å². The molecule has 334 valence electrons. The number of anilines is 2. The largest absolute Gasteiger partial charge is 0.333 e. The van der Waals surface area contributed by atoms with Crippen molar-refractivity contribution < 1.29 is 0 Å². The maximum absolute atomic E-state index is 2.66. The van der Waals surface area contributed by atoms with E-state index in [0.717, 1.165) is 24.2 Å². The smallest absolute Gasteiger partial charge is 0.0635 e. The Morgan fingerprint density at radius 3 is 1.65 bits per heavy atom. The Hall–Kier alpha value is -7.88. The second-order valence-corrected chi connectivity index (χ2v) is 19.9. The molecule has 0 saturated heterocycles. The summed E-state index contributed by atoms with van der Waals surface area (Å²) in [5.41, 5.74) is 26.4. The molecular weight excluding hydrogens is 835 g/mol. The van der Waals surface area contributed by atoms with Crippen LogP contribution in [0.5, 0.6) is 0 Å². The molecule has 1 aliphatic heterocycles. The fraction of sp³-hybridized carbons (Fsp3) is 0.152. The van der Waals surface area contributed by atoms with E-state index in [-0.39, 0.29) is 12.0 Å². The van der Waals surface area contributed by atoms with Gasteiger partial charge < -0.3 is 14.0 Å². The maximum Gasteiger partial charge on any atom is 0.0635 e. The highest BCUT2D eigenvalue weighted by atomic mass is 15.2. The van der Waals surface area contributed by atoms with Gasteiger partial charge in [0, 0.05) is 38.8 Å². The highest BCUT2D eigenvalue weighted by Gasteiger charge is 2.40. The van der Waals surface area contributed by atoms with Crippen LogP contribution in [0.25, 0.3) is 77.3 Å². The Morgan fingerprint density at radius 2 is 1.00 bits per heavy atom. The fourth-order valence-corrected chi connectivity index (χ4v) is 12.4. The zero-order chi connectivity index (χ0) is 46.7. The van der Waals surface area contributed by atoms with Gasteiger partial charge in [-0.25, -0.2) is 0 Å². The van der Waals surface area contributed by atoms with Crippen molar-refractivity contribution in [2.24, 2.45) is 0 Å². The molecule has 69 heavy (non-hydrogen) atoms. The minimum Gasteiger partial charge on any atom is -0.333 e. The van der Waals surface area contributed by atoms with Crippen LogP contribution in [0, 0.1) is 34.6 Å². The first-order chi connectivity index (χ1) is 33.7. The Morgan fingerprint density at radius 1 is 0.449 bits per heavy atom. The van der Waals surface area contributed by atoms with Crippen LogP contribution in [-0.2, 0) is 0 Å². The maximum atomic E-state index is 2.66. The molecule has 2 atom stereocenters. The lowest BCUT2D eigenvalue weighted by atomic mass is 9.84. The molecule has 0 fully saturated rings. The molecular formula is C66H55N3. The van der Waals surface area contributed by atoms with Crippen molar-refractivity contribution in [3.63, 3.8) is 0 Å². The van der Waals surface area contributed by atoms with E-state index in [2.05, 4.69) is 244 Å². The van der Waals surface area contributed by atoms with E-state index in [0.29, 0.717) is 0 Å². The molecule has 2 aromatic heterocycles. The third-order valence-corrected chi connectivity index (χ3v) is 15.7. The van der Waals surface area contributed by atoms with Crippen LogP contribution in [0.1, 0.15) is 70.2 Å². The molecule has 3 heteroatoms. The zero-order valence-electron chi connectivity index (χ0n) is 40.3. The lowest BCUT2D eigenvalue weighted by molar-refractivity contribution is 0.744. The number of hydrogen-bond acceptors (Lipinski definition) is 1.